The third-order valence-corrected chi connectivity index (χ3v) is 11.3. The molecule has 0 aromatic carbocycles. The number of ether oxygens (including phenoxy) is 2. The predicted octanol–water partition coefficient (Wildman–Crippen LogP) is 4.75. The quantitative estimate of drug-likeness (QED) is 0.0135. The van der Waals surface area contributed by atoms with E-state index in [2.05, 4.69) is 35.8 Å². The molecule has 1 rings (SSSR count). The van der Waals surface area contributed by atoms with Crippen LogP contribution in [0.15, 0.2) is 85.1 Å². The molecular weight excluding hydrogens is 906 g/mol. The molecule has 10 N–H and O–H groups in total. The fraction of sp³-hybridized carbons (Fsp3) is 0.644. The van der Waals surface area contributed by atoms with Crippen LogP contribution in [0.2, 0.25) is 0 Å². The number of carbonyl (C=O) groups excluding carboxylic acids is 2. The Bertz CT molecular complexity index is 1660. The monoisotopic (exact) mass is 980 g/mol. The number of phosphoric acid groups is 2. The van der Waals surface area contributed by atoms with Gasteiger partial charge in [0.25, 0.3) is 0 Å². The van der Waals surface area contributed by atoms with Crippen molar-refractivity contribution in [2.75, 3.05) is 13.2 Å². The van der Waals surface area contributed by atoms with Gasteiger partial charge in [-0.1, -0.05) is 125 Å². The minimum atomic E-state index is -5.41. The second-order valence-electron chi connectivity index (χ2n) is 15.6. The summed E-state index contributed by atoms with van der Waals surface area (Å²) in [6.07, 6.45) is 16.2. The molecule has 0 aliphatic heterocycles. The fourth-order valence-corrected chi connectivity index (χ4v) is 7.71. The van der Waals surface area contributed by atoms with Crippen molar-refractivity contribution in [3.8, 4) is 0 Å². The second kappa shape index (κ2) is 35.2. The number of hydrogen-bond donors (Lipinski definition) is 10. The molecule has 66 heavy (non-hydrogen) atoms. The van der Waals surface area contributed by atoms with Crippen molar-refractivity contribution < 1.29 is 92.2 Å². The van der Waals surface area contributed by atoms with Crippen LogP contribution in [0, 0.1) is 0 Å². The van der Waals surface area contributed by atoms with Crippen LogP contribution in [-0.4, -0.2) is 137 Å². The third kappa shape index (κ3) is 29.1. The molecule has 21 heteroatoms. The van der Waals surface area contributed by atoms with Gasteiger partial charge in [0.05, 0.1) is 24.9 Å². The van der Waals surface area contributed by atoms with Crippen molar-refractivity contribution in [3.63, 3.8) is 0 Å². The van der Waals surface area contributed by atoms with Gasteiger partial charge in [0, 0.05) is 12.8 Å². The van der Waals surface area contributed by atoms with E-state index < -0.39 is 102 Å². The summed E-state index contributed by atoms with van der Waals surface area (Å²) in [5.41, 5.74) is 0. The Morgan fingerprint density at radius 3 is 1.86 bits per heavy atom. The predicted molar refractivity (Wildman–Crippen MR) is 245 cm³/mol. The minimum absolute atomic E-state index is 0.0149. The largest absolute Gasteiger partial charge is 0.472 e. The maximum Gasteiger partial charge on any atom is 0.472 e. The van der Waals surface area contributed by atoms with Gasteiger partial charge in [-0.2, -0.15) is 0 Å². The molecule has 0 amide bonds. The van der Waals surface area contributed by atoms with Crippen molar-refractivity contribution in [3.05, 3.63) is 85.1 Å². The van der Waals surface area contributed by atoms with Gasteiger partial charge in [0.15, 0.2) is 6.10 Å². The second-order valence-corrected chi connectivity index (χ2v) is 18.2. The molecular formula is C45H74O19P2. The molecule has 0 bridgehead atoms. The van der Waals surface area contributed by atoms with E-state index in [-0.39, 0.29) is 25.7 Å². The van der Waals surface area contributed by atoms with Crippen LogP contribution in [0.1, 0.15) is 110 Å². The summed E-state index contributed by atoms with van der Waals surface area (Å²) in [7, 11) is -10.8. The van der Waals surface area contributed by atoms with Crippen molar-refractivity contribution in [1.82, 2.24) is 0 Å². The summed E-state index contributed by atoms with van der Waals surface area (Å²) in [5.74, 6) is -1.57. The highest BCUT2D eigenvalue weighted by Gasteiger charge is 2.54. The molecule has 1 aliphatic rings. The Morgan fingerprint density at radius 1 is 0.621 bits per heavy atom. The van der Waals surface area contributed by atoms with Crippen LogP contribution in [0.25, 0.3) is 0 Å². The number of rotatable bonds is 35. The van der Waals surface area contributed by atoms with E-state index in [1.165, 1.54) is 12.2 Å². The molecule has 19 nitrogen and oxygen atoms in total. The van der Waals surface area contributed by atoms with E-state index >= 15 is 0 Å². The summed E-state index contributed by atoms with van der Waals surface area (Å²) in [6.45, 7) is 2.52. The Kier molecular flexibility index (Phi) is 32.6. The van der Waals surface area contributed by atoms with Gasteiger partial charge < -0.3 is 59.9 Å². The molecule has 0 radical (unpaired) electrons. The van der Waals surface area contributed by atoms with Gasteiger partial charge in [-0.15, -0.1) is 0 Å². The molecule has 11 atom stereocenters. The van der Waals surface area contributed by atoms with Gasteiger partial charge in [0.2, 0.25) is 0 Å². The third-order valence-electron chi connectivity index (χ3n) is 9.78. The first kappa shape index (κ1) is 61.1. The van der Waals surface area contributed by atoms with Crippen molar-refractivity contribution in [2.24, 2.45) is 0 Å². The van der Waals surface area contributed by atoms with E-state index in [0.717, 1.165) is 57.8 Å². The van der Waals surface area contributed by atoms with E-state index in [4.69, 9.17) is 28.3 Å². The molecule has 1 aliphatic carbocycles. The fourth-order valence-electron chi connectivity index (χ4n) is 6.17. The first-order valence-electron chi connectivity index (χ1n) is 22.5. The minimum Gasteiger partial charge on any atom is -0.462 e. The average Bonchev–Trinajstić information content (AvgIpc) is 3.26. The highest BCUT2D eigenvalue weighted by atomic mass is 31.2. The van der Waals surface area contributed by atoms with E-state index in [1.54, 1.807) is 36.5 Å². The number of carbonyl (C=O) groups is 2. The van der Waals surface area contributed by atoms with E-state index in [0.29, 0.717) is 12.8 Å². The topological polar surface area (TPSA) is 317 Å². The van der Waals surface area contributed by atoms with Crippen LogP contribution in [0.3, 0.4) is 0 Å². The lowest BCUT2D eigenvalue weighted by Gasteiger charge is -2.43. The number of unbranched alkanes of at least 4 members (excludes halogenated alkanes) is 6. The van der Waals surface area contributed by atoms with Crippen LogP contribution in [0.4, 0.5) is 0 Å². The lowest BCUT2D eigenvalue weighted by molar-refractivity contribution is -0.216. The summed E-state index contributed by atoms with van der Waals surface area (Å²) in [6, 6.07) is 0. The van der Waals surface area contributed by atoms with Gasteiger partial charge in [-0.3, -0.25) is 23.2 Å². The van der Waals surface area contributed by atoms with Gasteiger partial charge in [-0.25, -0.2) is 9.13 Å². The molecule has 378 valence electrons. The molecule has 5 unspecified atom stereocenters. The Hall–Kier alpha value is -2.94. The molecule has 1 saturated carbocycles. The highest BCUT2D eigenvalue weighted by molar-refractivity contribution is 7.47. The van der Waals surface area contributed by atoms with Crippen LogP contribution >= 0.6 is 15.6 Å². The number of hydrogen-bond acceptors (Lipinski definition) is 16. The number of aliphatic hydroxyl groups excluding tert-OH is 7. The van der Waals surface area contributed by atoms with Gasteiger partial charge >= 0.3 is 27.6 Å². The smallest absolute Gasteiger partial charge is 0.462 e. The zero-order valence-electron chi connectivity index (χ0n) is 37.9. The Labute approximate surface area is 388 Å². The summed E-state index contributed by atoms with van der Waals surface area (Å²) in [4.78, 5) is 54.2. The average molecular weight is 981 g/mol. The Morgan fingerprint density at radius 2 is 1.21 bits per heavy atom. The van der Waals surface area contributed by atoms with Crippen LogP contribution in [-0.2, 0) is 41.8 Å². The molecule has 0 saturated heterocycles. The van der Waals surface area contributed by atoms with E-state index in [1.807, 2.05) is 19.1 Å². The summed E-state index contributed by atoms with van der Waals surface area (Å²) in [5, 5.41) is 71.8. The van der Waals surface area contributed by atoms with Crippen molar-refractivity contribution >= 4 is 27.6 Å². The number of allylic oxidation sites excluding steroid dienone is 11. The summed E-state index contributed by atoms with van der Waals surface area (Å²) < 4.78 is 49.0. The summed E-state index contributed by atoms with van der Waals surface area (Å²) >= 11 is 0. The van der Waals surface area contributed by atoms with Crippen molar-refractivity contribution in [2.45, 2.75) is 171 Å². The standard InChI is InChI=1S/C45H74O19P2/c1-3-5-7-8-9-10-11-12-13-14-15-20-24-30-38(49)60-32-35(33-61-66(58,59)64-45-42(53)40(51)41(52)44(43(45)54)63-65(55,56)57)62-39(50)31-25-29-37(48)36(47)28-23-19-17-16-18-22-27-34(46)26-21-6-4-2/h6-8,10-11,16-19,21-23,27-28,34-37,40-48,51-54H,3-5,9,12-15,20,24-26,29-33H2,1-2H3,(H,58,59)(H2,55,56,57)/b8-7-,11-10-,18-16+,19-17-,21-6-,27-22+,28-23-/t34-,35+,36+,37+,40?,41?,42?,43?,44+,45-/m0/s1. The van der Waals surface area contributed by atoms with Crippen molar-refractivity contribution in [1.29, 1.82) is 0 Å². The van der Waals surface area contributed by atoms with Crippen LogP contribution in [0.5, 0.6) is 0 Å². The number of phosphoric ester groups is 2. The maximum atomic E-state index is 13.0. The lowest BCUT2D eigenvalue weighted by atomic mass is 9.85. The van der Waals surface area contributed by atoms with Gasteiger partial charge in [0.1, 0.15) is 43.2 Å². The SMILES string of the molecule is CC/C=C\C[C@H](O)/C=C/C=C/C=C\C=C/[C@@H](O)[C@H](O)CCCC(=O)O[C@H](COC(=O)CCCCCCC/C=C\C/C=C\CCC)COP(=O)(O)O[C@H]1C(O)C(O)C(O)[C@@H](OP(=O)(O)O)C1O. The number of esters is 2. The zero-order chi connectivity index (χ0) is 49.4. The zero-order valence-corrected chi connectivity index (χ0v) is 39.7. The highest BCUT2D eigenvalue weighted by Crippen LogP contribution is 2.49. The first-order chi connectivity index (χ1) is 31.3. The molecule has 0 aromatic heterocycles. The number of aliphatic hydroxyl groups is 7. The first-order valence-corrected chi connectivity index (χ1v) is 25.5. The molecule has 1 fully saturated rings. The molecule has 0 aromatic rings. The van der Waals surface area contributed by atoms with Crippen LogP contribution < -0.4 is 0 Å². The molecule has 0 spiro atoms. The Balaban J connectivity index is 2.79. The van der Waals surface area contributed by atoms with Gasteiger partial charge in [-0.05, 0) is 57.8 Å². The normalized spacial score (nSPS) is 23.8. The maximum absolute atomic E-state index is 13.0. The van der Waals surface area contributed by atoms with E-state index in [9.17, 15) is 59.4 Å². The lowest BCUT2D eigenvalue weighted by Crippen LogP contribution is -2.64. The molecule has 0 heterocycles.